The summed E-state index contributed by atoms with van der Waals surface area (Å²) in [6.45, 7) is 0. The number of aryl methyl sites for hydroxylation is 1. The molecule has 0 aliphatic rings. The fourth-order valence-electron chi connectivity index (χ4n) is 3.69. The third-order valence-corrected chi connectivity index (χ3v) is 5.71. The molecule has 2 unspecified atom stereocenters. The van der Waals surface area contributed by atoms with Crippen LogP contribution < -0.4 is 20.1 Å². The minimum Gasteiger partial charge on any atom is -0.493 e. The van der Waals surface area contributed by atoms with Gasteiger partial charge in [-0.3, -0.25) is 10.1 Å². The van der Waals surface area contributed by atoms with Crippen molar-refractivity contribution in [2.75, 3.05) is 21.3 Å². The second-order valence-electron chi connectivity index (χ2n) is 7.46. The van der Waals surface area contributed by atoms with Gasteiger partial charge in [0.15, 0.2) is 11.5 Å². The second kappa shape index (κ2) is 11.6. The molecule has 0 saturated heterocycles. The number of halogens is 1. The van der Waals surface area contributed by atoms with Gasteiger partial charge in [0.1, 0.15) is 6.04 Å². The molecule has 0 bridgehead atoms. The first kappa shape index (κ1) is 23.6. The summed E-state index contributed by atoms with van der Waals surface area (Å²) in [5.41, 5.74) is 3.10. The summed E-state index contributed by atoms with van der Waals surface area (Å²) in [7, 11) is 4.89. The number of hydrogen-bond donors (Lipinski definition) is 2. The topological polar surface area (TPSA) is 59.6 Å². The quantitative estimate of drug-likeness (QED) is 0.449. The lowest BCUT2D eigenvalue weighted by molar-refractivity contribution is -0.123. The number of amides is 1. The number of likely N-dealkylation sites (N-methyl/N-ethyl adjacent to an activating group) is 1. The van der Waals surface area contributed by atoms with E-state index in [1.807, 2.05) is 72.8 Å². The predicted octanol–water partition coefficient (Wildman–Crippen LogP) is 5.11. The van der Waals surface area contributed by atoms with Crippen LogP contribution in [0.3, 0.4) is 0 Å². The van der Waals surface area contributed by atoms with Gasteiger partial charge in [-0.15, -0.1) is 0 Å². The molecule has 0 radical (unpaired) electrons. The number of ether oxygens (including phenoxy) is 2. The van der Waals surface area contributed by atoms with Crippen molar-refractivity contribution in [3.63, 3.8) is 0 Å². The third kappa shape index (κ3) is 6.02. The molecule has 2 atom stereocenters. The molecule has 0 aliphatic carbocycles. The van der Waals surface area contributed by atoms with E-state index in [2.05, 4.69) is 10.6 Å². The van der Waals surface area contributed by atoms with Crippen molar-refractivity contribution < 1.29 is 14.3 Å². The molecule has 0 aliphatic heterocycles. The molecule has 0 heterocycles. The fourth-order valence-corrected chi connectivity index (χ4v) is 3.82. The van der Waals surface area contributed by atoms with Gasteiger partial charge in [-0.1, -0.05) is 60.1 Å². The fraction of sp³-hybridized carbons (Fsp3) is 0.269. The molecule has 1 amide bonds. The maximum absolute atomic E-state index is 12.8. The highest BCUT2D eigenvalue weighted by Gasteiger charge is 2.24. The number of carbonyl (C=O) groups excluding carboxylic acids is 1. The normalized spacial score (nSPS) is 12.6. The van der Waals surface area contributed by atoms with Crippen LogP contribution in [0, 0.1) is 0 Å². The van der Waals surface area contributed by atoms with Crippen LogP contribution in [0.5, 0.6) is 11.5 Å². The molecule has 0 fully saturated rings. The Bertz CT molecular complexity index is 1010. The largest absolute Gasteiger partial charge is 0.493 e. The van der Waals surface area contributed by atoms with Crippen molar-refractivity contribution in [2.24, 2.45) is 0 Å². The minimum absolute atomic E-state index is 0.0897. The van der Waals surface area contributed by atoms with E-state index >= 15 is 0 Å². The van der Waals surface area contributed by atoms with Crippen LogP contribution in [0.15, 0.2) is 72.8 Å². The van der Waals surface area contributed by atoms with E-state index in [1.165, 1.54) is 5.56 Å². The van der Waals surface area contributed by atoms with Crippen LogP contribution in [0.1, 0.15) is 35.2 Å². The zero-order valence-corrected chi connectivity index (χ0v) is 19.4. The van der Waals surface area contributed by atoms with E-state index in [0.29, 0.717) is 16.5 Å². The van der Waals surface area contributed by atoms with Gasteiger partial charge in [0.25, 0.3) is 0 Å². The van der Waals surface area contributed by atoms with Crippen molar-refractivity contribution in [2.45, 2.75) is 24.9 Å². The first-order valence-electron chi connectivity index (χ1n) is 10.5. The Kier molecular flexibility index (Phi) is 8.54. The summed E-state index contributed by atoms with van der Waals surface area (Å²) in [6, 6.07) is 22.8. The Hall–Kier alpha value is -3.02. The summed E-state index contributed by atoms with van der Waals surface area (Å²) in [4.78, 5) is 12.8. The molecule has 3 aromatic rings. The zero-order chi connectivity index (χ0) is 22.9. The number of rotatable bonds is 10. The number of carbonyl (C=O) groups is 1. The Labute approximate surface area is 194 Å². The van der Waals surface area contributed by atoms with Crippen molar-refractivity contribution in [3.05, 3.63) is 94.5 Å². The maximum Gasteiger partial charge on any atom is 0.241 e. The summed E-state index contributed by atoms with van der Waals surface area (Å²) < 4.78 is 10.9. The summed E-state index contributed by atoms with van der Waals surface area (Å²) in [5.74, 6) is 1.23. The highest BCUT2D eigenvalue weighted by molar-refractivity contribution is 6.30. The van der Waals surface area contributed by atoms with Gasteiger partial charge in [-0.05, 0) is 53.8 Å². The van der Waals surface area contributed by atoms with Crippen LogP contribution in [0.25, 0.3) is 0 Å². The van der Waals surface area contributed by atoms with Crippen molar-refractivity contribution in [3.8, 4) is 11.5 Å². The smallest absolute Gasteiger partial charge is 0.241 e. The second-order valence-corrected chi connectivity index (χ2v) is 7.89. The van der Waals surface area contributed by atoms with Gasteiger partial charge in [0.05, 0.1) is 14.2 Å². The lowest BCUT2D eigenvalue weighted by Crippen LogP contribution is -2.38. The summed E-state index contributed by atoms with van der Waals surface area (Å²) in [5, 5.41) is 7.07. The minimum atomic E-state index is -0.496. The SMILES string of the molecule is CNC(=O)C(NC(CCc1ccc(Cl)cc1)c1ccc(OC)c(OC)c1)c1ccccc1. The van der Waals surface area contributed by atoms with Crippen LogP contribution in [-0.4, -0.2) is 27.2 Å². The van der Waals surface area contributed by atoms with Crippen molar-refractivity contribution in [1.82, 2.24) is 10.6 Å². The van der Waals surface area contributed by atoms with E-state index in [1.54, 1.807) is 21.3 Å². The molecule has 0 saturated carbocycles. The van der Waals surface area contributed by atoms with Gasteiger partial charge in [-0.25, -0.2) is 0 Å². The van der Waals surface area contributed by atoms with Crippen LogP contribution in [0.4, 0.5) is 0 Å². The van der Waals surface area contributed by atoms with Gasteiger partial charge in [-0.2, -0.15) is 0 Å². The Morgan fingerprint density at radius 3 is 2.22 bits per heavy atom. The number of nitrogens with one attached hydrogen (secondary N) is 2. The standard InChI is InChI=1S/C26H29ClN2O3/c1-28-26(30)25(19-7-5-4-6-8-19)29-22(15-11-18-9-13-21(27)14-10-18)20-12-16-23(31-2)24(17-20)32-3/h4-10,12-14,16-17,22,25,29H,11,15H2,1-3H3,(H,28,30). The van der Waals surface area contributed by atoms with Gasteiger partial charge >= 0.3 is 0 Å². The van der Waals surface area contributed by atoms with Gasteiger partial charge in [0.2, 0.25) is 5.91 Å². The first-order valence-corrected chi connectivity index (χ1v) is 10.9. The average molecular weight is 453 g/mol. The van der Waals surface area contributed by atoms with Gasteiger partial charge < -0.3 is 14.8 Å². The third-order valence-electron chi connectivity index (χ3n) is 5.45. The average Bonchev–Trinajstić information content (AvgIpc) is 2.85. The van der Waals surface area contributed by atoms with Crippen LogP contribution in [-0.2, 0) is 11.2 Å². The van der Waals surface area contributed by atoms with E-state index in [4.69, 9.17) is 21.1 Å². The molecule has 3 rings (SSSR count). The summed E-state index contributed by atoms with van der Waals surface area (Å²) >= 11 is 6.04. The van der Waals surface area contributed by atoms with Crippen LogP contribution in [0.2, 0.25) is 5.02 Å². The predicted molar refractivity (Wildman–Crippen MR) is 128 cm³/mol. The zero-order valence-electron chi connectivity index (χ0n) is 18.6. The number of methoxy groups -OCH3 is 2. The monoisotopic (exact) mass is 452 g/mol. The Balaban J connectivity index is 1.93. The molecule has 3 aromatic carbocycles. The maximum atomic E-state index is 12.8. The van der Waals surface area contributed by atoms with Crippen LogP contribution >= 0.6 is 11.6 Å². The van der Waals surface area contributed by atoms with Crippen molar-refractivity contribution >= 4 is 17.5 Å². The Morgan fingerprint density at radius 1 is 0.906 bits per heavy atom. The Morgan fingerprint density at radius 2 is 1.59 bits per heavy atom. The highest BCUT2D eigenvalue weighted by Crippen LogP contribution is 2.33. The lowest BCUT2D eigenvalue weighted by Gasteiger charge is -2.26. The number of benzene rings is 3. The van der Waals surface area contributed by atoms with E-state index in [9.17, 15) is 4.79 Å². The number of hydrogen-bond acceptors (Lipinski definition) is 4. The van der Waals surface area contributed by atoms with E-state index < -0.39 is 6.04 Å². The van der Waals surface area contributed by atoms with E-state index in [0.717, 1.165) is 24.0 Å². The molecule has 0 aromatic heterocycles. The molecule has 2 N–H and O–H groups in total. The molecular formula is C26H29ClN2O3. The highest BCUT2D eigenvalue weighted by atomic mass is 35.5. The molecule has 32 heavy (non-hydrogen) atoms. The van der Waals surface area contributed by atoms with Crippen molar-refractivity contribution in [1.29, 1.82) is 0 Å². The molecular weight excluding hydrogens is 424 g/mol. The molecule has 6 heteroatoms. The summed E-state index contributed by atoms with van der Waals surface area (Å²) in [6.07, 6.45) is 1.59. The molecule has 5 nitrogen and oxygen atoms in total. The molecule has 168 valence electrons. The lowest BCUT2D eigenvalue weighted by atomic mass is 9.96. The van der Waals surface area contributed by atoms with Gasteiger partial charge in [0, 0.05) is 18.1 Å². The van der Waals surface area contributed by atoms with E-state index in [-0.39, 0.29) is 11.9 Å². The first-order chi connectivity index (χ1) is 15.5. The molecule has 0 spiro atoms.